The lowest BCUT2D eigenvalue weighted by Crippen LogP contribution is -1.93. The molecule has 0 bridgehead atoms. The molecule has 0 aliphatic rings. The summed E-state index contributed by atoms with van der Waals surface area (Å²) in [5, 5.41) is 4.22. The van der Waals surface area contributed by atoms with Gasteiger partial charge in [-0.3, -0.25) is 0 Å². The highest BCUT2D eigenvalue weighted by molar-refractivity contribution is 5.62. The van der Waals surface area contributed by atoms with Gasteiger partial charge in [-0.25, -0.2) is 13.5 Å². The highest BCUT2D eigenvalue weighted by Crippen LogP contribution is 2.20. The fourth-order valence-corrected chi connectivity index (χ4v) is 1.85. The van der Waals surface area contributed by atoms with E-state index in [9.17, 15) is 8.78 Å². The van der Waals surface area contributed by atoms with E-state index in [2.05, 4.69) is 5.10 Å². The molecule has 0 fully saturated rings. The molecular formula is C15H10F2N2. The number of hydrogen-bond acceptors (Lipinski definition) is 1. The second-order valence-electron chi connectivity index (χ2n) is 4.16. The summed E-state index contributed by atoms with van der Waals surface area (Å²) in [6.07, 6.45) is 3.51. The van der Waals surface area contributed by atoms with Crippen LogP contribution in [0.25, 0.3) is 16.8 Å². The van der Waals surface area contributed by atoms with Crippen LogP contribution in [0.15, 0.2) is 60.9 Å². The molecule has 2 nitrogen and oxygen atoms in total. The van der Waals surface area contributed by atoms with Crippen molar-refractivity contribution in [3.8, 4) is 16.8 Å². The van der Waals surface area contributed by atoms with Gasteiger partial charge in [-0.15, -0.1) is 0 Å². The van der Waals surface area contributed by atoms with E-state index < -0.39 is 0 Å². The SMILES string of the molecule is Fc1ccc(-c2cnn(-c3ccc(F)cc3)c2)cc1. The predicted octanol–water partition coefficient (Wildman–Crippen LogP) is 3.82. The number of hydrogen-bond donors (Lipinski definition) is 0. The van der Waals surface area contributed by atoms with Crippen LogP contribution in [0.4, 0.5) is 8.78 Å². The molecule has 1 aromatic heterocycles. The van der Waals surface area contributed by atoms with E-state index in [4.69, 9.17) is 0 Å². The molecule has 0 spiro atoms. The minimum atomic E-state index is -0.283. The molecule has 1 heterocycles. The van der Waals surface area contributed by atoms with Crippen molar-refractivity contribution in [1.29, 1.82) is 0 Å². The van der Waals surface area contributed by atoms with Gasteiger partial charge in [-0.05, 0) is 42.0 Å². The Morgan fingerprint density at radius 2 is 1.32 bits per heavy atom. The molecule has 0 N–H and O–H groups in total. The van der Waals surface area contributed by atoms with E-state index in [1.807, 2.05) is 6.20 Å². The summed E-state index contributed by atoms with van der Waals surface area (Å²) in [6, 6.07) is 12.3. The third-order valence-corrected chi connectivity index (χ3v) is 2.85. The zero-order valence-corrected chi connectivity index (χ0v) is 9.92. The number of rotatable bonds is 2. The Labute approximate surface area is 108 Å². The molecular weight excluding hydrogens is 246 g/mol. The average molecular weight is 256 g/mol. The lowest BCUT2D eigenvalue weighted by Gasteiger charge is -2.00. The smallest absolute Gasteiger partial charge is 0.123 e. The zero-order valence-electron chi connectivity index (χ0n) is 9.92. The molecule has 0 aliphatic carbocycles. The number of benzene rings is 2. The van der Waals surface area contributed by atoms with Gasteiger partial charge in [0.15, 0.2) is 0 Å². The Hall–Kier alpha value is -2.49. The topological polar surface area (TPSA) is 17.8 Å². The number of halogens is 2. The van der Waals surface area contributed by atoms with Crippen molar-refractivity contribution < 1.29 is 8.78 Å². The predicted molar refractivity (Wildman–Crippen MR) is 68.9 cm³/mol. The van der Waals surface area contributed by atoms with Crippen LogP contribution in [0.1, 0.15) is 0 Å². The standard InChI is InChI=1S/C15H10F2N2/c16-13-3-1-11(2-4-13)12-9-18-19(10-12)15-7-5-14(17)6-8-15/h1-10H. The van der Waals surface area contributed by atoms with Crippen molar-refractivity contribution >= 4 is 0 Å². The molecule has 3 aromatic rings. The number of aromatic nitrogens is 2. The van der Waals surface area contributed by atoms with Crippen LogP contribution in [0, 0.1) is 11.6 Å². The third-order valence-electron chi connectivity index (χ3n) is 2.85. The Kier molecular flexibility index (Phi) is 2.83. The van der Waals surface area contributed by atoms with E-state index in [-0.39, 0.29) is 11.6 Å². The van der Waals surface area contributed by atoms with Crippen LogP contribution < -0.4 is 0 Å². The molecule has 0 saturated carbocycles. The summed E-state index contributed by atoms with van der Waals surface area (Å²) in [4.78, 5) is 0. The second kappa shape index (κ2) is 4.65. The first-order chi connectivity index (χ1) is 9.22. The maximum absolute atomic E-state index is 12.9. The summed E-state index contributed by atoms with van der Waals surface area (Å²) in [5.74, 6) is -0.552. The molecule has 94 valence electrons. The van der Waals surface area contributed by atoms with Gasteiger partial charge in [0.2, 0.25) is 0 Å². The molecule has 2 aromatic carbocycles. The monoisotopic (exact) mass is 256 g/mol. The normalized spacial score (nSPS) is 10.6. The zero-order chi connectivity index (χ0) is 13.2. The highest BCUT2D eigenvalue weighted by atomic mass is 19.1. The molecule has 3 rings (SSSR count). The molecule has 0 radical (unpaired) electrons. The third kappa shape index (κ3) is 2.38. The summed E-state index contributed by atoms with van der Waals surface area (Å²) >= 11 is 0. The quantitative estimate of drug-likeness (QED) is 0.681. The van der Waals surface area contributed by atoms with Gasteiger partial charge in [0.1, 0.15) is 11.6 Å². The van der Waals surface area contributed by atoms with E-state index in [1.165, 1.54) is 24.3 Å². The Morgan fingerprint density at radius 1 is 0.737 bits per heavy atom. The van der Waals surface area contributed by atoms with Crippen LogP contribution in [0.3, 0.4) is 0 Å². The minimum absolute atomic E-state index is 0.269. The largest absolute Gasteiger partial charge is 0.240 e. The highest BCUT2D eigenvalue weighted by Gasteiger charge is 2.03. The lowest BCUT2D eigenvalue weighted by atomic mass is 10.1. The fraction of sp³-hybridized carbons (Fsp3) is 0. The van der Waals surface area contributed by atoms with Gasteiger partial charge >= 0.3 is 0 Å². The first kappa shape index (κ1) is 11.6. The van der Waals surface area contributed by atoms with Crippen LogP contribution in [0.5, 0.6) is 0 Å². The molecule has 0 aliphatic heterocycles. The van der Waals surface area contributed by atoms with Crippen LogP contribution in [-0.2, 0) is 0 Å². The second-order valence-corrected chi connectivity index (χ2v) is 4.16. The summed E-state index contributed by atoms with van der Waals surface area (Å²) in [5.41, 5.74) is 2.54. The van der Waals surface area contributed by atoms with Gasteiger partial charge in [0.05, 0.1) is 11.9 Å². The molecule has 19 heavy (non-hydrogen) atoms. The first-order valence-corrected chi connectivity index (χ1v) is 5.79. The van der Waals surface area contributed by atoms with E-state index in [0.717, 1.165) is 16.8 Å². The van der Waals surface area contributed by atoms with Gasteiger partial charge in [-0.2, -0.15) is 5.10 Å². The van der Waals surface area contributed by atoms with Gasteiger partial charge < -0.3 is 0 Å². The van der Waals surface area contributed by atoms with Crippen molar-refractivity contribution in [1.82, 2.24) is 9.78 Å². The lowest BCUT2D eigenvalue weighted by molar-refractivity contribution is 0.627. The molecule has 0 unspecified atom stereocenters. The summed E-state index contributed by atoms with van der Waals surface area (Å²) in [7, 11) is 0. The Balaban J connectivity index is 1.95. The minimum Gasteiger partial charge on any atom is -0.240 e. The van der Waals surface area contributed by atoms with Gasteiger partial charge in [0, 0.05) is 11.8 Å². The van der Waals surface area contributed by atoms with Crippen LogP contribution in [-0.4, -0.2) is 9.78 Å². The fourth-order valence-electron chi connectivity index (χ4n) is 1.85. The van der Waals surface area contributed by atoms with Crippen molar-refractivity contribution in [3.63, 3.8) is 0 Å². The first-order valence-electron chi connectivity index (χ1n) is 5.79. The van der Waals surface area contributed by atoms with Crippen molar-refractivity contribution in [2.75, 3.05) is 0 Å². The summed E-state index contributed by atoms with van der Waals surface area (Å²) < 4.78 is 27.4. The maximum atomic E-state index is 12.9. The van der Waals surface area contributed by atoms with Gasteiger partial charge in [-0.1, -0.05) is 12.1 Å². The molecule has 0 atom stereocenters. The van der Waals surface area contributed by atoms with E-state index in [0.29, 0.717) is 0 Å². The Bertz CT molecular complexity index is 625. The van der Waals surface area contributed by atoms with Crippen molar-refractivity contribution in [2.45, 2.75) is 0 Å². The average Bonchev–Trinajstić information content (AvgIpc) is 2.90. The van der Waals surface area contributed by atoms with E-state index in [1.54, 1.807) is 35.1 Å². The van der Waals surface area contributed by atoms with Crippen LogP contribution >= 0.6 is 0 Å². The molecule has 0 saturated heterocycles. The van der Waals surface area contributed by atoms with Gasteiger partial charge in [0.25, 0.3) is 0 Å². The summed E-state index contributed by atoms with van der Waals surface area (Å²) in [6.45, 7) is 0. The molecule has 0 amide bonds. The van der Waals surface area contributed by atoms with E-state index >= 15 is 0 Å². The van der Waals surface area contributed by atoms with Crippen molar-refractivity contribution in [2.24, 2.45) is 0 Å². The Morgan fingerprint density at radius 3 is 1.95 bits per heavy atom. The van der Waals surface area contributed by atoms with Crippen molar-refractivity contribution in [3.05, 3.63) is 72.6 Å². The molecule has 4 heteroatoms. The van der Waals surface area contributed by atoms with Crippen LogP contribution in [0.2, 0.25) is 0 Å². The maximum Gasteiger partial charge on any atom is 0.123 e. The number of nitrogens with zero attached hydrogens (tertiary/aromatic N) is 2.